The van der Waals surface area contributed by atoms with E-state index in [4.69, 9.17) is 5.73 Å². The van der Waals surface area contributed by atoms with E-state index in [1.54, 1.807) is 0 Å². The molecule has 1 aliphatic rings. The van der Waals surface area contributed by atoms with Gasteiger partial charge < -0.3 is 10.6 Å². The summed E-state index contributed by atoms with van der Waals surface area (Å²) in [6.45, 7) is 10.4. The molecule has 0 saturated carbocycles. The van der Waals surface area contributed by atoms with Gasteiger partial charge in [0.2, 0.25) is 0 Å². The fraction of sp³-hybridized carbons (Fsp3) is 0.647. The van der Waals surface area contributed by atoms with Crippen LogP contribution in [0.3, 0.4) is 0 Å². The molecule has 0 radical (unpaired) electrons. The normalized spacial score (nSPS) is 22.7. The molecule has 1 saturated heterocycles. The van der Waals surface area contributed by atoms with Crippen LogP contribution in [0.1, 0.15) is 38.8 Å². The standard InChI is InChI=1S/C17H28N2S/c1-4-15-12-19(10-11-20-15)13-17(2,3)16(18)14-8-6-5-7-9-14/h5-9,15-16H,4,10-13,18H2,1-3H3. The molecule has 2 N–H and O–H groups in total. The Balaban J connectivity index is 1.99. The Kier molecular flexibility index (Phi) is 5.53. The van der Waals surface area contributed by atoms with E-state index in [9.17, 15) is 0 Å². The van der Waals surface area contributed by atoms with Gasteiger partial charge in [0, 0.05) is 36.7 Å². The molecule has 0 amide bonds. The highest BCUT2D eigenvalue weighted by atomic mass is 32.2. The van der Waals surface area contributed by atoms with Gasteiger partial charge in [0.1, 0.15) is 0 Å². The molecule has 2 unspecified atom stereocenters. The molecule has 2 nitrogen and oxygen atoms in total. The molecule has 2 atom stereocenters. The SMILES string of the molecule is CCC1CN(CC(C)(C)C(N)c2ccccc2)CCS1. The van der Waals surface area contributed by atoms with Crippen molar-refractivity contribution in [3.05, 3.63) is 35.9 Å². The molecular formula is C17H28N2S. The van der Waals surface area contributed by atoms with Crippen LogP contribution in [0, 0.1) is 5.41 Å². The van der Waals surface area contributed by atoms with Crippen molar-refractivity contribution in [3.8, 4) is 0 Å². The van der Waals surface area contributed by atoms with Crippen molar-refractivity contribution in [2.45, 2.75) is 38.5 Å². The smallest absolute Gasteiger partial charge is 0.0359 e. The molecule has 1 aliphatic heterocycles. The zero-order valence-electron chi connectivity index (χ0n) is 13.0. The molecule has 2 rings (SSSR count). The van der Waals surface area contributed by atoms with Gasteiger partial charge in [-0.3, -0.25) is 0 Å². The lowest BCUT2D eigenvalue weighted by Gasteiger charge is -2.40. The Labute approximate surface area is 128 Å². The van der Waals surface area contributed by atoms with Crippen molar-refractivity contribution in [2.24, 2.45) is 11.1 Å². The number of nitrogens with zero attached hydrogens (tertiary/aromatic N) is 1. The van der Waals surface area contributed by atoms with Crippen LogP contribution >= 0.6 is 11.8 Å². The predicted molar refractivity (Wildman–Crippen MR) is 90.1 cm³/mol. The van der Waals surface area contributed by atoms with Gasteiger partial charge in [-0.05, 0) is 17.4 Å². The summed E-state index contributed by atoms with van der Waals surface area (Å²) in [6, 6.07) is 10.6. The van der Waals surface area contributed by atoms with Crippen molar-refractivity contribution in [2.75, 3.05) is 25.4 Å². The molecule has 112 valence electrons. The van der Waals surface area contributed by atoms with E-state index >= 15 is 0 Å². The van der Waals surface area contributed by atoms with Crippen LogP contribution in [-0.4, -0.2) is 35.5 Å². The van der Waals surface area contributed by atoms with Crippen LogP contribution in [0.25, 0.3) is 0 Å². The zero-order chi connectivity index (χ0) is 14.6. The number of thioether (sulfide) groups is 1. The van der Waals surface area contributed by atoms with Crippen LogP contribution in [0.5, 0.6) is 0 Å². The van der Waals surface area contributed by atoms with Crippen LogP contribution in [0.4, 0.5) is 0 Å². The maximum atomic E-state index is 6.53. The van der Waals surface area contributed by atoms with E-state index in [1.165, 1.54) is 30.8 Å². The fourth-order valence-corrected chi connectivity index (χ4v) is 4.21. The number of benzene rings is 1. The first-order chi connectivity index (χ1) is 9.53. The van der Waals surface area contributed by atoms with Crippen LogP contribution < -0.4 is 5.73 Å². The minimum absolute atomic E-state index is 0.0957. The lowest BCUT2D eigenvalue weighted by molar-refractivity contribution is 0.155. The topological polar surface area (TPSA) is 29.3 Å². The largest absolute Gasteiger partial charge is 0.323 e. The average Bonchev–Trinajstić information content (AvgIpc) is 2.47. The van der Waals surface area contributed by atoms with Crippen LogP contribution in [0.2, 0.25) is 0 Å². The maximum absolute atomic E-state index is 6.53. The van der Waals surface area contributed by atoms with Crippen molar-refractivity contribution in [1.82, 2.24) is 4.90 Å². The van der Waals surface area contributed by atoms with E-state index < -0.39 is 0 Å². The second-order valence-electron chi connectivity index (χ2n) is 6.51. The summed E-state index contributed by atoms with van der Waals surface area (Å²) in [6.07, 6.45) is 1.27. The van der Waals surface area contributed by atoms with Crippen molar-refractivity contribution in [3.63, 3.8) is 0 Å². The molecule has 20 heavy (non-hydrogen) atoms. The molecule has 0 aliphatic carbocycles. The lowest BCUT2D eigenvalue weighted by Crippen LogP contribution is -2.46. The molecule has 1 heterocycles. The van der Waals surface area contributed by atoms with Crippen LogP contribution in [0.15, 0.2) is 30.3 Å². The Morgan fingerprint density at radius 1 is 1.35 bits per heavy atom. The van der Waals surface area contributed by atoms with Gasteiger partial charge in [0.25, 0.3) is 0 Å². The molecule has 0 aromatic heterocycles. The third-order valence-corrected chi connectivity index (χ3v) is 5.68. The van der Waals surface area contributed by atoms with Crippen molar-refractivity contribution >= 4 is 11.8 Å². The second-order valence-corrected chi connectivity index (χ2v) is 7.92. The van der Waals surface area contributed by atoms with Gasteiger partial charge in [0.05, 0.1) is 0 Å². The summed E-state index contributed by atoms with van der Waals surface area (Å²) < 4.78 is 0. The highest BCUT2D eigenvalue weighted by Crippen LogP contribution is 2.33. The first-order valence-corrected chi connectivity index (χ1v) is 8.72. The number of hydrogen-bond acceptors (Lipinski definition) is 3. The number of nitrogens with two attached hydrogens (primary N) is 1. The van der Waals surface area contributed by atoms with Gasteiger partial charge in [-0.2, -0.15) is 11.8 Å². The lowest BCUT2D eigenvalue weighted by atomic mass is 9.80. The minimum atomic E-state index is 0.0957. The maximum Gasteiger partial charge on any atom is 0.0359 e. The quantitative estimate of drug-likeness (QED) is 0.900. The van der Waals surface area contributed by atoms with E-state index in [1.807, 2.05) is 0 Å². The van der Waals surface area contributed by atoms with Crippen molar-refractivity contribution in [1.29, 1.82) is 0 Å². The summed E-state index contributed by atoms with van der Waals surface area (Å²) in [5.41, 5.74) is 7.87. The Hall–Kier alpha value is -0.510. The predicted octanol–water partition coefficient (Wildman–Crippen LogP) is 3.54. The Morgan fingerprint density at radius 2 is 2.05 bits per heavy atom. The van der Waals surface area contributed by atoms with Gasteiger partial charge in [-0.15, -0.1) is 0 Å². The molecule has 3 heteroatoms. The monoisotopic (exact) mass is 292 g/mol. The fourth-order valence-electron chi connectivity index (χ4n) is 2.96. The summed E-state index contributed by atoms with van der Waals surface area (Å²) >= 11 is 2.12. The van der Waals surface area contributed by atoms with E-state index in [0.29, 0.717) is 0 Å². The highest BCUT2D eigenvalue weighted by Gasteiger charge is 2.31. The third-order valence-electron chi connectivity index (χ3n) is 4.31. The van der Waals surface area contributed by atoms with Gasteiger partial charge >= 0.3 is 0 Å². The Morgan fingerprint density at radius 3 is 2.70 bits per heavy atom. The molecule has 1 aromatic carbocycles. The van der Waals surface area contributed by atoms with E-state index in [2.05, 4.69) is 67.8 Å². The molecule has 1 aromatic rings. The average molecular weight is 292 g/mol. The van der Waals surface area contributed by atoms with E-state index in [0.717, 1.165) is 11.8 Å². The summed E-state index contributed by atoms with van der Waals surface area (Å²) in [5.74, 6) is 1.26. The second kappa shape index (κ2) is 6.97. The van der Waals surface area contributed by atoms with Gasteiger partial charge in [-0.25, -0.2) is 0 Å². The van der Waals surface area contributed by atoms with Gasteiger partial charge in [-0.1, -0.05) is 51.1 Å². The van der Waals surface area contributed by atoms with Crippen molar-refractivity contribution < 1.29 is 0 Å². The number of rotatable bonds is 5. The summed E-state index contributed by atoms with van der Waals surface area (Å²) in [7, 11) is 0. The Bertz CT molecular complexity index is 405. The van der Waals surface area contributed by atoms with Crippen LogP contribution in [-0.2, 0) is 0 Å². The van der Waals surface area contributed by atoms with Gasteiger partial charge in [0.15, 0.2) is 0 Å². The zero-order valence-corrected chi connectivity index (χ0v) is 13.8. The summed E-state index contributed by atoms with van der Waals surface area (Å²) in [5, 5.41) is 0.799. The molecular weight excluding hydrogens is 264 g/mol. The number of hydrogen-bond donors (Lipinski definition) is 1. The van der Waals surface area contributed by atoms with E-state index in [-0.39, 0.29) is 11.5 Å². The first kappa shape index (κ1) is 15.9. The summed E-state index contributed by atoms with van der Waals surface area (Å²) in [4.78, 5) is 2.60. The molecule has 0 bridgehead atoms. The highest BCUT2D eigenvalue weighted by molar-refractivity contribution is 8.00. The molecule has 0 spiro atoms. The minimum Gasteiger partial charge on any atom is -0.323 e. The third kappa shape index (κ3) is 4.00. The first-order valence-electron chi connectivity index (χ1n) is 7.67. The molecule has 1 fully saturated rings.